The molecule has 1 aliphatic heterocycles. The van der Waals surface area contributed by atoms with Gasteiger partial charge in [0.1, 0.15) is 5.82 Å². The number of hydrazone groups is 1. The van der Waals surface area contributed by atoms with Gasteiger partial charge in [-0.1, -0.05) is 6.92 Å². The van der Waals surface area contributed by atoms with Crippen molar-refractivity contribution < 1.29 is 13.6 Å². The molecule has 0 fully saturated rings. The molecule has 0 saturated heterocycles. The standard InChI is InChI=1S/C19H19F2N7O/c1-2-16-15(21)11-25-18(27-16)23-5-6-24-19(29)28-17(3-4-26-28)13-7-12(10-22)8-14(20)9-13/h4,7-9,11,17H,2-3,5-6H2,1H3,(H,24,29)(H,23,25,27)/t17-/m0/s1. The van der Waals surface area contributed by atoms with Crippen molar-refractivity contribution in [2.45, 2.75) is 25.8 Å². The van der Waals surface area contributed by atoms with Gasteiger partial charge in [0.15, 0.2) is 5.82 Å². The molecule has 29 heavy (non-hydrogen) atoms. The first-order chi connectivity index (χ1) is 14.0. The van der Waals surface area contributed by atoms with Crippen molar-refractivity contribution in [1.82, 2.24) is 20.3 Å². The van der Waals surface area contributed by atoms with Gasteiger partial charge in [0.05, 0.1) is 29.6 Å². The molecule has 0 unspecified atom stereocenters. The molecule has 2 heterocycles. The normalized spacial score (nSPS) is 15.2. The Balaban J connectivity index is 1.55. The monoisotopic (exact) mass is 399 g/mol. The summed E-state index contributed by atoms with van der Waals surface area (Å²) in [6.07, 6.45) is 3.54. The van der Waals surface area contributed by atoms with Gasteiger partial charge < -0.3 is 10.6 Å². The average Bonchev–Trinajstić information content (AvgIpc) is 3.21. The molecule has 1 aliphatic rings. The van der Waals surface area contributed by atoms with E-state index in [1.807, 2.05) is 6.07 Å². The lowest BCUT2D eigenvalue weighted by atomic mass is 10.0. The highest BCUT2D eigenvalue weighted by Crippen LogP contribution is 2.29. The van der Waals surface area contributed by atoms with Crippen LogP contribution in [0.1, 0.15) is 36.2 Å². The number of urea groups is 1. The van der Waals surface area contributed by atoms with E-state index in [4.69, 9.17) is 5.26 Å². The number of halogens is 2. The van der Waals surface area contributed by atoms with Gasteiger partial charge in [0.25, 0.3) is 0 Å². The van der Waals surface area contributed by atoms with Crippen LogP contribution >= 0.6 is 0 Å². The first kappa shape index (κ1) is 20.1. The highest BCUT2D eigenvalue weighted by atomic mass is 19.1. The Morgan fingerprint density at radius 3 is 2.93 bits per heavy atom. The third kappa shape index (κ3) is 4.82. The Labute approximate surface area is 166 Å². The van der Waals surface area contributed by atoms with E-state index < -0.39 is 23.7 Å². The van der Waals surface area contributed by atoms with E-state index in [2.05, 4.69) is 25.7 Å². The van der Waals surface area contributed by atoms with Crippen molar-refractivity contribution in [3.05, 3.63) is 52.9 Å². The predicted molar refractivity (Wildman–Crippen MR) is 102 cm³/mol. The van der Waals surface area contributed by atoms with E-state index >= 15 is 0 Å². The Hall–Kier alpha value is -3.61. The van der Waals surface area contributed by atoms with Gasteiger partial charge in [-0.3, -0.25) is 0 Å². The van der Waals surface area contributed by atoms with Crippen LogP contribution in [-0.2, 0) is 6.42 Å². The molecule has 0 bridgehead atoms. The zero-order valence-corrected chi connectivity index (χ0v) is 15.7. The zero-order valence-electron chi connectivity index (χ0n) is 15.7. The van der Waals surface area contributed by atoms with Crippen LogP contribution in [-0.4, -0.2) is 40.3 Å². The summed E-state index contributed by atoms with van der Waals surface area (Å²) in [6, 6.07) is 4.93. The molecule has 2 aromatic rings. The summed E-state index contributed by atoms with van der Waals surface area (Å²) in [5.74, 6) is -0.721. The van der Waals surface area contributed by atoms with E-state index in [1.54, 1.807) is 19.2 Å². The van der Waals surface area contributed by atoms with Crippen LogP contribution < -0.4 is 10.6 Å². The molecule has 2 amide bonds. The molecule has 2 N–H and O–H groups in total. The molecule has 150 valence electrons. The van der Waals surface area contributed by atoms with Crippen LogP contribution in [0.4, 0.5) is 19.5 Å². The van der Waals surface area contributed by atoms with Crippen LogP contribution in [0, 0.1) is 23.0 Å². The van der Waals surface area contributed by atoms with E-state index in [-0.39, 0.29) is 18.1 Å². The predicted octanol–water partition coefficient (Wildman–Crippen LogP) is 2.74. The van der Waals surface area contributed by atoms with Gasteiger partial charge in [-0.05, 0) is 30.2 Å². The minimum Gasteiger partial charge on any atom is -0.352 e. The van der Waals surface area contributed by atoms with Crippen molar-refractivity contribution in [2.24, 2.45) is 5.10 Å². The summed E-state index contributed by atoms with van der Waals surface area (Å²) in [4.78, 5) is 20.4. The number of hydrogen-bond acceptors (Lipinski definition) is 6. The fourth-order valence-corrected chi connectivity index (χ4v) is 2.92. The number of anilines is 1. The fraction of sp³-hybridized carbons (Fsp3) is 0.316. The van der Waals surface area contributed by atoms with Crippen LogP contribution in [0.25, 0.3) is 0 Å². The van der Waals surface area contributed by atoms with E-state index in [0.29, 0.717) is 30.6 Å². The molecule has 0 saturated carbocycles. The molecular weight excluding hydrogens is 380 g/mol. The number of amides is 2. The smallest absolute Gasteiger partial charge is 0.338 e. The quantitative estimate of drug-likeness (QED) is 0.727. The van der Waals surface area contributed by atoms with Crippen molar-refractivity contribution in [2.75, 3.05) is 18.4 Å². The maximum absolute atomic E-state index is 13.7. The Morgan fingerprint density at radius 2 is 2.17 bits per heavy atom. The average molecular weight is 399 g/mol. The molecule has 0 spiro atoms. The summed E-state index contributed by atoms with van der Waals surface area (Å²) < 4.78 is 27.1. The minimum absolute atomic E-state index is 0.183. The fourth-order valence-electron chi connectivity index (χ4n) is 2.92. The molecule has 1 atom stereocenters. The molecule has 10 heteroatoms. The maximum atomic E-state index is 13.7. The highest BCUT2D eigenvalue weighted by molar-refractivity contribution is 5.78. The Morgan fingerprint density at radius 1 is 1.34 bits per heavy atom. The third-order valence-corrected chi connectivity index (χ3v) is 4.31. The second-order valence-corrected chi connectivity index (χ2v) is 6.28. The summed E-state index contributed by atoms with van der Waals surface area (Å²) in [6.45, 7) is 2.36. The van der Waals surface area contributed by atoms with Gasteiger partial charge in [-0.2, -0.15) is 10.4 Å². The lowest BCUT2D eigenvalue weighted by Crippen LogP contribution is -2.39. The van der Waals surface area contributed by atoms with E-state index in [1.165, 1.54) is 11.1 Å². The highest BCUT2D eigenvalue weighted by Gasteiger charge is 2.28. The summed E-state index contributed by atoms with van der Waals surface area (Å²) in [5.41, 5.74) is 0.994. The number of nitriles is 1. The first-order valence-corrected chi connectivity index (χ1v) is 9.07. The lowest BCUT2D eigenvalue weighted by molar-refractivity contribution is 0.186. The number of carbonyl (C=O) groups excluding carboxylic acids is 1. The topological polar surface area (TPSA) is 106 Å². The van der Waals surface area contributed by atoms with Crippen LogP contribution in [0.3, 0.4) is 0 Å². The van der Waals surface area contributed by atoms with Crippen LogP contribution in [0.2, 0.25) is 0 Å². The van der Waals surface area contributed by atoms with Crippen LogP contribution in [0.15, 0.2) is 29.5 Å². The van der Waals surface area contributed by atoms with Crippen molar-refractivity contribution >= 4 is 18.2 Å². The summed E-state index contributed by atoms with van der Waals surface area (Å²) >= 11 is 0. The number of aromatic nitrogens is 2. The number of aryl methyl sites for hydroxylation is 1. The van der Waals surface area contributed by atoms with Crippen molar-refractivity contribution in [3.8, 4) is 6.07 Å². The number of hydrogen-bond donors (Lipinski definition) is 2. The van der Waals surface area contributed by atoms with Gasteiger partial charge >= 0.3 is 6.03 Å². The second kappa shape index (κ2) is 9.05. The Bertz CT molecular complexity index is 974. The van der Waals surface area contributed by atoms with Gasteiger partial charge in [-0.25, -0.2) is 28.6 Å². The summed E-state index contributed by atoms with van der Waals surface area (Å²) in [7, 11) is 0. The third-order valence-electron chi connectivity index (χ3n) is 4.31. The summed E-state index contributed by atoms with van der Waals surface area (Å²) in [5, 5.41) is 19.9. The second-order valence-electron chi connectivity index (χ2n) is 6.28. The van der Waals surface area contributed by atoms with Crippen LogP contribution in [0.5, 0.6) is 0 Å². The van der Waals surface area contributed by atoms with E-state index in [0.717, 1.165) is 12.3 Å². The van der Waals surface area contributed by atoms with Gasteiger partial charge in [-0.15, -0.1) is 0 Å². The zero-order chi connectivity index (χ0) is 20.8. The maximum Gasteiger partial charge on any atom is 0.338 e. The molecule has 1 aromatic heterocycles. The first-order valence-electron chi connectivity index (χ1n) is 9.07. The van der Waals surface area contributed by atoms with Crippen molar-refractivity contribution in [3.63, 3.8) is 0 Å². The largest absolute Gasteiger partial charge is 0.352 e. The SMILES string of the molecule is CCc1nc(NCCNC(=O)N2N=CC[C@H]2c2cc(F)cc(C#N)c2)ncc1F. The molecule has 1 aromatic carbocycles. The number of nitrogens with one attached hydrogen (secondary N) is 2. The molecular formula is C19H19F2N7O. The minimum atomic E-state index is -0.541. The number of nitrogens with zero attached hydrogens (tertiary/aromatic N) is 5. The van der Waals surface area contributed by atoms with E-state index in [9.17, 15) is 13.6 Å². The van der Waals surface area contributed by atoms with Gasteiger partial charge in [0.2, 0.25) is 5.95 Å². The number of benzene rings is 1. The lowest BCUT2D eigenvalue weighted by Gasteiger charge is -2.22. The molecule has 3 rings (SSSR count). The molecule has 0 aliphatic carbocycles. The number of carbonyl (C=O) groups is 1. The molecule has 0 radical (unpaired) electrons. The molecule has 8 nitrogen and oxygen atoms in total. The van der Waals surface area contributed by atoms with Crippen molar-refractivity contribution in [1.29, 1.82) is 5.26 Å². The Kier molecular flexibility index (Phi) is 6.29. The number of rotatable bonds is 6. The van der Waals surface area contributed by atoms with Gasteiger partial charge in [0, 0.05) is 25.7 Å².